The topological polar surface area (TPSA) is 47.0 Å². The van der Waals surface area contributed by atoms with Gasteiger partial charge in [-0.2, -0.15) is 0 Å². The van der Waals surface area contributed by atoms with Crippen LogP contribution in [-0.4, -0.2) is 24.1 Å². The van der Waals surface area contributed by atoms with E-state index in [1.807, 2.05) is 13.2 Å². The summed E-state index contributed by atoms with van der Waals surface area (Å²) in [5, 5.41) is 3.35. The summed E-state index contributed by atoms with van der Waals surface area (Å²) in [4.78, 5) is 9.42. The quantitative estimate of drug-likeness (QED) is 0.887. The van der Waals surface area contributed by atoms with Gasteiger partial charge in [0.25, 0.3) is 0 Å². The van der Waals surface area contributed by atoms with E-state index in [0.29, 0.717) is 6.04 Å². The summed E-state index contributed by atoms with van der Waals surface area (Å²) in [6, 6.07) is 0.401. The highest BCUT2D eigenvalue weighted by atomic mass is 16.5. The van der Waals surface area contributed by atoms with Gasteiger partial charge in [-0.05, 0) is 39.2 Å². The predicted molar refractivity (Wildman–Crippen MR) is 76.0 cm³/mol. The van der Waals surface area contributed by atoms with E-state index in [-0.39, 0.29) is 5.60 Å². The Morgan fingerprint density at radius 3 is 2.74 bits per heavy atom. The Labute approximate surface area is 116 Å². The van der Waals surface area contributed by atoms with Gasteiger partial charge >= 0.3 is 0 Å². The van der Waals surface area contributed by atoms with Crippen molar-refractivity contribution in [3.8, 4) is 0 Å². The maximum atomic E-state index is 5.73. The molecule has 19 heavy (non-hydrogen) atoms. The number of nitrogens with zero attached hydrogens (tertiary/aromatic N) is 2. The number of methoxy groups -OCH3 is 1. The van der Waals surface area contributed by atoms with Crippen LogP contribution in [-0.2, 0) is 16.8 Å². The maximum Gasteiger partial charge on any atom is 0.160 e. The van der Waals surface area contributed by atoms with Gasteiger partial charge in [0.1, 0.15) is 5.60 Å². The first-order valence-corrected chi connectivity index (χ1v) is 7.29. The molecule has 0 aliphatic heterocycles. The molecule has 0 amide bonds. The minimum absolute atomic E-state index is 0.332. The zero-order chi connectivity index (χ0) is 13.9. The van der Waals surface area contributed by atoms with Gasteiger partial charge in [-0.3, -0.25) is 0 Å². The van der Waals surface area contributed by atoms with E-state index in [0.717, 1.165) is 25.1 Å². The zero-order valence-corrected chi connectivity index (χ0v) is 12.5. The molecule has 2 rings (SSSR count). The Bertz CT molecular complexity index is 421. The average Bonchev–Trinajstić information content (AvgIpc) is 2.48. The third-order valence-electron chi connectivity index (χ3n) is 4.47. The molecule has 0 radical (unpaired) electrons. The fraction of sp³-hybridized carbons (Fsp3) is 0.733. The van der Waals surface area contributed by atoms with E-state index >= 15 is 0 Å². The number of hydrogen-bond acceptors (Lipinski definition) is 4. The minimum Gasteiger partial charge on any atom is -0.370 e. The van der Waals surface area contributed by atoms with E-state index in [4.69, 9.17) is 9.72 Å². The fourth-order valence-corrected chi connectivity index (χ4v) is 3.01. The van der Waals surface area contributed by atoms with E-state index in [2.05, 4.69) is 24.1 Å². The van der Waals surface area contributed by atoms with E-state index in [1.54, 1.807) is 7.11 Å². The number of aromatic nitrogens is 2. The molecule has 4 heteroatoms. The van der Waals surface area contributed by atoms with Gasteiger partial charge in [0.2, 0.25) is 0 Å². The average molecular weight is 263 g/mol. The largest absolute Gasteiger partial charge is 0.370 e. The summed E-state index contributed by atoms with van der Waals surface area (Å²) >= 11 is 0. The summed E-state index contributed by atoms with van der Waals surface area (Å²) < 4.78 is 5.73. The molecule has 0 bridgehead atoms. The normalized spacial score (nSPS) is 19.3. The summed E-state index contributed by atoms with van der Waals surface area (Å²) in [5.41, 5.74) is 2.12. The van der Waals surface area contributed by atoms with Crippen molar-refractivity contribution in [2.75, 3.05) is 14.2 Å². The third-order valence-corrected chi connectivity index (χ3v) is 4.47. The molecule has 4 nitrogen and oxygen atoms in total. The second-order valence-electron chi connectivity index (χ2n) is 5.23. The van der Waals surface area contributed by atoms with Gasteiger partial charge in [-0.25, -0.2) is 9.97 Å². The first-order valence-electron chi connectivity index (χ1n) is 7.29. The first kappa shape index (κ1) is 14.4. The van der Waals surface area contributed by atoms with Gasteiger partial charge in [-0.1, -0.05) is 13.8 Å². The van der Waals surface area contributed by atoms with Crippen molar-refractivity contribution in [2.24, 2.45) is 0 Å². The smallest absolute Gasteiger partial charge is 0.160 e. The van der Waals surface area contributed by atoms with E-state index in [9.17, 15) is 0 Å². The van der Waals surface area contributed by atoms with Crippen LogP contribution in [0.4, 0.5) is 0 Å². The summed E-state index contributed by atoms with van der Waals surface area (Å²) in [6.45, 7) is 4.26. The summed E-state index contributed by atoms with van der Waals surface area (Å²) in [7, 11) is 3.76. The van der Waals surface area contributed by atoms with E-state index < -0.39 is 0 Å². The van der Waals surface area contributed by atoms with Crippen molar-refractivity contribution in [3.63, 3.8) is 0 Å². The van der Waals surface area contributed by atoms with Gasteiger partial charge in [0.15, 0.2) is 5.82 Å². The van der Waals surface area contributed by atoms with Crippen LogP contribution < -0.4 is 5.32 Å². The monoisotopic (exact) mass is 263 g/mol. The van der Waals surface area contributed by atoms with Crippen molar-refractivity contribution in [3.05, 3.63) is 23.3 Å². The maximum absolute atomic E-state index is 5.73. The molecule has 0 saturated carbocycles. The van der Waals surface area contributed by atoms with Crippen molar-refractivity contribution < 1.29 is 4.74 Å². The molecule has 1 aromatic heterocycles. The van der Waals surface area contributed by atoms with Crippen LogP contribution in [0, 0.1) is 0 Å². The van der Waals surface area contributed by atoms with Crippen LogP contribution in [0.3, 0.4) is 0 Å². The molecule has 1 heterocycles. The van der Waals surface area contributed by atoms with Crippen LogP contribution in [0.1, 0.15) is 62.7 Å². The van der Waals surface area contributed by atoms with Gasteiger partial charge in [0.05, 0.1) is 0 Å². The Kier molecular flexibility index (Phi) is 4.53. The Balaban J connectivity index is 2.40. The van der Waals surface area contributed by atoms with Crippen molar-refractivity contribution >= 4 is 0 Å². The SMILES string of the molecule is CCC(CC)(OC)c1ncc2c(n1)CCCC2NC. The molecule has 1 N–H and O–H groups in total. The van der Waals surface area contributed by atoms with Crippen LogP contribution >= 0.6 is 0 Å². The number of ether oxygens (including phenoxy) is 1. The fourth-order valence-electron chi connectivity index (χ4n) is 3.01. The van der Waals surface area contributed by atoms with Gasteiger partial charge in [0, 0.05) is 30.6 Å². The van der Waals surface area contributed by atoms with Crippen molar-refractivity contribution in [1.29, 1.82) is 0 Å². The predicted octanol–water partition coefficient (Wildman–Crippen LogP) is 2.74. The van der Waals surface area contributed by atoms with Crippen LogP contribution in [0.15, 0.2) is 6.20 Å². The molecule has 0 saturated heterocycles. The Morgan fingerprint density at radius 1 is 1.42 bits per heavy atom. The third kappa shape index (κ3) is 2.51. The molecular formula is C15H25N3O. The second-order valence-corrected chi connectivity index (χ2v) is 5.23. The standard InChI is InChI=1S/C15H25N3O/c1-5-15(6-2,19-4)14-17-10-11-12(16-3)8-7-9-13(11)18-14/h10,12,16H,5-9H2,1-4H3. The molecule has 1 aromatic rings. The number of hydrogen-bond donors (Lipinski definition) is 1. The highest BCUT2D eigenvalue weighted by molar-refractivity contribution is 5.25. The minimum atomic E-state index is -0.332. The number of rotatable bonds is 5. The first-order chi connectivity index (χ1) is 9.20. The van der Waals surface area contributed by atoms with Gasteiger partial charge in [-0.15, -0.1) is 0 Å². The van der Waals surface area contributed by atoms with Crippen molar-refractivity contribution in [2.45, 2.75) is 57.6 Å². The molecular weight excluding hydrogens is 238 g/mol. The summed E-state index contributed by atoms with van der Waals surface area (Å²) in [6.07, 6.45) is 7.20. The zero-order valence-electron chi connectivity index (χ0n) is 12.5. The Hall–Kier alpha value is -1.00. The lowest BCUT2D eigenvalue weighted by Crippen LogP contribution is -2.31. The van der Waals surface area contributed by atoms with Gasteiger partial charge < -0.3 is 10.1 Å². The molecule has 1 unspecified atom stereocenters. The molecule has 106 valence electrons. The summed E-state index contributed by atoms with van der Waals surface area (Å²) in [5.74, 6) is 0.843. The lowest BCUT2D eigenvalue weighted by molar-refractivity contribution is -0.0294. The number of fused-ring (bicyclic) bond motifs is 1. The highest BCUT2D eigenvalue weighted by Crippen LogP contribution is 2.33. The molecule has 1 aliphatic carbocycles. The number of nitrogens with one attached hydrogen (secondary N) is 1. The molecule has 0 aromatic carbocycles. The molecule has 1 aliphatic rings. The lowest BCUT2D eigenvalue weighted by Gasteiger charge is -2.31. The van der Waals surface area contributed by atoms with Crippen molar-refractivity contribution in [1.82, 2.24) is 15.3 Å². The highest BCUT2D eigenvalue weighted by Gasteiger charge is 2.33. The van der Waals surface area contributed by atoms with Crippen LogP contribution in [0.2, 0.25) is 0 Å². The molecule has 0 fully saturated rings. The van der Waals surface area contributed by atoms with E-state index in [1.165, 1.54) is 24.1 Å². The lowest BCUT2D eigenvalue weighted by atomic mass is 9.91. The Morgan fingerprint density at radius 2 is 2.16 bits per heavy atom. The molecule has 0 spiro atoms. The van der Waals surface area contributed by atoms with Crippen LogP contribution in [0.5, 0.6) is 0 Å². The number of aryl methyl sites for hydroxylation is 1. The molecule has 1 atom stereocenters. The second kappa shape index (κ2) is 5.97. The van der Waals surface area contributed by atoms with Crippen LogP contribution in [0.25, 0.3) is 0 Å².